The summed E-state index contributed by atoms with van der Waals surface area (Å²) in [5.41, 5.74) is 2.09. The van der Waals surface area contributed by atoms with Crippen molar-refractivity contribution in [1.82, 2.24) is 9.78 Å². The van der Waals surface area contributed by atoms with Gasteiger partial charge in [0.25, 0.3) is 0 Å². The number of benzene rings is 1. The highest BCUT2D eigenvalue weighted by molar-refractivity contribution is 9.10. The summed E-state index contributed by atoms with van der Waals surface area (Å²) >= 11 is 3.27. The van der Waals surface area contributed by atoms with Crippen LogP contribution in [0.25, 0.3) is 16.5 Å². The van der Waals surface area contributed by atoms with E-state index in [-0.39, 0.29) is 5.82 Å². The third kappa shape index (κ3) is 1.59. The number of halogens is 2. The van der Waals surface area contributed by atoms with Gasteiger partial charge in [0.2, 0.25) is 0 Å². The molecular weight excluding hydrogens is 259 g/mol. The molecule has 2 aromatic rings. The number of aromatic nitrogens is 2. The lowest BCUT2D eigenvalue weighted by atomic mass is 10.1. The largest absolute Gasteiger partial charge is 0.264 e. The predicted octanol–water partition coefficient (Wildman–Crippen LogP) is 3.51. The molecule has 1 heterocycles. The van der Waals surface area contributed by atoms with Crippen LogP contribution in [-0.2, 0) is 7.05 Å². The molecule has 0 aliphatic rings. The first-order valence-corrected chi connectivity index (χ1v) is 5.27. The maximum absolute atomic E-state index is 13.7. The lowest BCUT2D eigenvalue weighted by molar-refractivity contribution is 0.625. The predicted molar refractivity (Wildman–Crippen MR) is 63.1 cm³/mol. The minimum absolute atomic E-state index is 0.276. The normalized spacial score (nSPS) is 10.9. The molecule has 0 saturated heterocycles. The third-order valence-corrected chi connectivity index (χ3v) is 2.72. The lowest BCUT2D eigenvalue weighted by Crippen LogP contribution is -1.92. The molecule has 0 spiro atoms. The molecule has 0 aliphatic heterocycles. The molecular formula is C11H10BrFN2. The van der Waals surface area contributed by atoms with Crippen LogP contribution in [0, 0.1) is 5.82 Å². The van der Waals surface area contributed by atoms with E-state index in [0.29, 0.717) is 9.99 Å². The highest BCUT2D eigenvalue weighted by Crippen LogP contribution is 2.28. The van der Waals surface area contributed by atoms with Gasteiger partial charge in [-0.3, -0.25) is 4.68 Å². The zero-order valence-electron chi connectivity index (χ0n) is 8.51. The Morgan fingerprint density at radius 2 is 2.20 bits per heavy atom. The first-order chi connectivity index (χ1) is 7.00. The van der Waals surface area contributed by atoms with E-state index in [1.54, 1.807) is 11.7 Å². The summed E-state index contributed by atoms with van der Waals surface area (Å²) in [6.45, 7) is 5.70. The summed E-state index contributed by atoms with van der Waals surface area (Å²) in [6.07, 6.45) is 0. The molecule has 0 N–H and O–H groups in total. The average molecular weight is 269 g/mol. The number of allylic oxidation sites excluding steroid dienone is 1. The SMILES string of the molecule is C=C(C)c1nn(C)c2c(F)cc(Br)cc12. The van der Waals surface area contributed by atoms with Crippen LogP contribution in [0.2, 0.25) is 0 Å². The zero-order chi connectivity index (χ0) is 11.2. The van der Waals surface area contributed by atoms with Crippen LogP contribution in [0.15, 0.2) is 23.2 Å². The minimum Gasteiger partial charge on any atom is -0.264 e. The van der Waals surface area contributed by atoms with Crippen molar-refractivity contribution in [2.45, 2.75) is 6.92 Å². The molecule has 0 atom stereocenters. The van der Waals surface area contributed by atoms with E-state index in [0.717, 1.165) is 16.7 Å². The van der Waals surface area contributed by atoms with E-state index in [1.807, 2.05) is 13.0 Å². The molecule has 78 valence electrons. The first kappa shape index (κ1) is 10.4. The van der Waals surface area contributed by atoms with Crippen molar-refractivity contribution in [1.29, 1.82) is 0 Å². The molecule has 15 heavy (non-hydrogen) atoms. The van der Waals surface area contributed by atoms with Crippen molar-refractivity contribution in [3.63, 3.8) is 0 Å². The van der Waals surface area contributed by atoms with Gasteiger partial charge in [0.15, 0.2) is 0 Å². The quantitative estimate of drug-likeness (QED) is 0.774. The van der Waals surface area contributed by atoms with E-state index in [2.05, 4.69) is 27.6 Å². The molecule has 0 aliphatic carbocycles. The van der Waals surface area contributed by atoms with Crippen LogP contribution in [0.1, 0.15) is 12.6 Å². The van der Waals surface area contributed by atoms with Gasteiger partial charge in [0.05, 0.1) is 5.69 Å². The Kier molecular flexibility index (Phi) is 2.38. The van der Waals surface area contributed by atoms with Crippen molar-refractivity contribution >= 4 is 32.4 Å². The van der Waals surface area contributed by atoms with Gasteiger partial charge >= 0.3 is 0 Å². The van der Waals surface area contributed by atoms with Gasteiger partial charge in [-0.05, 0) is 24.6 Å². The number of fused-ring (bicyclic) bond motifs is 1. The number of hydrogen-bond donors (Lipinski definition) is 0. The molecule has 1 aromatic carbocycles. The molecule has 0 bridgehead atoms. The molecule has 0 unspecified atom stereocenters. The Morgan fingerprint density at radius 3 is 2.80 bits per heavy atom. The van der Waals surface area contributed by atoms with Gasteiger partial charge < -0.3 is 0 Å². The van der Waals surface area contributed by atoms with Gasteiger partial charge in [-0.2, -0.15) is 5.10 Å². The Bertz CT molecular complexity index is 557. The molecule has 0 saturated carbocycles. The fourth-order valence-electron chi connectivity index (χ4n) is 1.64. The number of nitrogens with zero attached hydrogens (tertiary/aromatic N) is 2. The topological polar surface area (TPSA) is 17.8 Å². The van der Waals surface area contributed by atoms with Crippen LogP contribution in [0.5, 0.6) is 0 Å². The summed E-state index contributed by atoms with van der Waals surface area (Å²) in [5, 5.41) is 5.04. The number of rotatable bonds is 1. The zero-order valence-corrected chi connectivity index (χ0v) is 10.1. The highest BCUT2D eigenvalue weighted by atomic mass is 79.9. The lowest BCUT2D eigenvalue weighted by Gasteiger charge is -1.97. The monoisotopic (exact) mass is 268 g/mol. The molecule has 2 nitrogen and oxygen atoms in total. The van der Waals surface area contributed by atoms with Crippen LogP contribution >= 0.6 is 15.9 Å². The molecule has 0 fully saturated rings. The molecule has 2 rings (SSSR count). The molecule has 0 radical (unpaired) electrons. The number of aryl methyl sites for hydroxylation is 1. The Morgan fingerprint density at radius 1 is 1.53 bits per heavy atom. The summed E-state index contributed by atoms with van der Waals surface area (Å²) in [4.78, 5) is 0. The fraction of sp³-hybridized carbons (Fsp3) is 0.182. The van der Waals surface area contributed by atoms with Gasteiger partial charge in [-0.25, -0.2) is 4.39 Å². The summed E-state index contributed by atoms with van der Waals surface area (Å²) < 4.78 is 15.9. The van der Waals surface area contributed by atoms with Crippen LogP contribution in [0.4, 0.5) is 4.39 Å². The van der Waals surface area contributed by atoms with Crippen LogP contribution < -0.4 is 0 Å². The second-order valence-corrected chi connectivity index (χ2v) is 4.45. The first-order valence-electron chi connectivity index (χ1n) is 4.48. The van der Waals surface area contributed by atoms with Gasteiger partial charge in [0, 0.05) is 16.9 Å². The minimum atomic E-state index is -0.276. The number of hydrogen-bond acceptors (Lipinski definition) is 1. The maximum atomic E-state index is 13.7. The molecule has 1 aromatic heterocycles. The van der Waals surface area contributed by atoms with Crippen molar-refractivity contribution in [3.05, 3.63) is 34.7 Å². The van der Waals surface area contributed by atoms with Gasteiger partial charge in [-0.1, -0.05) is 22.5 Å². The Hall–Kier alpha value is -1.16. The third-order valence-electron chi connectivity index (χ3n) is 2.26. The van der Waals surface area contributed by atoms with Crippen molar-refractivity contribution in [2.75, 3.05) is 0 Å². The van der Waals surface area contributed by atoms with E-state index >= 15 is 0 Å². The maximum Gasteiger partial charge on any atom is 0.150 e. The Balaban J connectivity index is 2.93. The second-order valence-electron chi connectivity index (χ2n) is 3.54. The van der Waals surface area contributed by atoms with Crippen LogP contribution in [-0.4, -0.2) is 9.78 Å². The smallest absolute Gasteiger partial charge is 0.150 e. The van der Waals surface area contributed by atoms with E-state index in [9.17, 15) is 4.39 Å². The average Bonchev–Trinajstić information content (AvgIpc) is 2.42. The Labute approximate surface area is 95.5 Å². The van der Waals surface area contributed by atoms with Gasteiger partial charge in [0.1, 0.15) is 11.3 Å². The van der Waals surface area contributed by atoms with E-state index < -0.39 is 0 Å². The van der Waals surface area contributed by atoms with E-state index in [1.165, 1.54) is 6.07 Å². The molecule has 4 heteroatoms. The van der Waals surface area contributed by atoms with Gasteiger partial charge in [-0.15, -0.1) is 0 Å². The van der Waals surface area contributed by atoms with Crippen molar-refractivity contribution < 1.29 is 4.39 Å². The molecule has 0 amide bonds. The standard InChI is InChI=1S/C11H10BrFN2/c1-6(2)10-8-4-7(12)5-9(13)11(8)15(3)14-10/h4-5H,1H2,2-3H3. The van der Waals surface area contributed by atoms with Crippen molar-refractivity contribution in [3.8, 4) is 0 Å². The van der Waals surface area contributed by atoms with Crippen LogP contribution in [0.3, 0.4) is 0 Å². The van der Waals surface area contributed by atoms with E-state index in [4.69, 9.17) is 0 Å². The van der Waals surface area contributed by atoms with Crippen molar-refractivity contribution in [2.24, 2.45) is 7.05 Å². The summed E-state index contributed by atoms with van der Waals surface area (Å²) in [5.74, 6) is -0.276. The summed E-state index contributed by atoms with van der Waals surface area (Å²) in [6, 6.07) is 3.29. The second kappa shape index (κ2) is 3.45. The highest BCUT2D eigenvalue weighted by Gasteiger charge is 2.13. The fourth-order valence-corrected chi connectivity index (χ4v) is 2.07. The summed E-state index contributed by atoms with van der Waals surface area (Å²) in [7, 11) is 1.73.